The van der Waals surface area contributed by atoms with E-state index in [4.69, 9.17) is 14.2 Å². The maximum absolute atomic E-state index is 12.7. The molecule has 0 saturated heterocycles. The van der Waals surface area contributed by atoms with Gasteiger partial charge in [-0.15, -0.1) is 0 Å². The number of imide groups is 1. The second kappa shape index (κ2) is 8.24. The predicted octanol–water partition coefficient (Wildman–Crippen LogP) is 3.64. The molecule has 0 aliphatic carbocycles. The summed E-state index contributed by atoms with van der Waals surface area (Å²) in [6.45, 7) is 11.3. The van der Waals surface area contributed by atoms with Crippen LogP contribution in [0.15, 0.2) is 12.3 Å². The van der Waals surface area contributed by atoms with E-state index in [0.29, 0.717) is 4.90 Å². The van der Waals surface area contributed by atoms with Gasteiger partial charge in [-0.25, -0.2) is 19.4 Å². The third-order valence-electron chi connectivity index (χ3n) is 2.71. The topological polar surface area (TPSA) is 115 Å². The molecule has 2 amide bonds. The number of amides is 2. The fourth-order valence-corrected chi connectivity index (χ4v) is 1.86. The quantitative estimate of drug-likeness (QED) is 0.622. The molecule has 0 atom stereocenters. The van der Waals surface area contributed by atoms with Crippen molar-refractivity contribution in [2.45, 2.75) is 59.7 Å². The molecule has 1 N–H and O–H groups in total. The van der Waals surface area contributed by atoms with Gasteiger partial charge in [0.05, 0.1) is 18.5 Å². The van der Waals surface area contributed by atoms with Crippen LogP contribution in [0.1, 0.15) is 59.0 Å². The van der Waals surface area contributed by atoms with Gasteiger partial charge in [0.2, 0.25) is 0 Å². The summed E-state index contributed by atoms with van der Waals surface area (Å²) < 4.78 is 15.4. The van der Waals surface area contributed by atoms with E-state index in [-0.39, 0.29) is 23.7 Å². The van der Waals surface area contributed by atoms with Gasteiger partial charge in [0.15, 0.2) is 5.69 Å². The molecule has 150 valence electrons. The molecule has 0 fully saturated rings. The molecular formula is C18H26N2O7. The van der Waals surface area contributed by atoms with Crippen LogP contribution >= 0.6 is 0 Å². The molecule has 0 saturated carbocycles. The molecular weight excluding hydrogens is 356 g/mol. The Bertz CT molecular complexity index is 689. The molecule has 9 heteroatoms. The van der Waals surface area contributed by atoms with Crippen LogP contribution in [0.5, 0.6) is 5.75 Å². The number of nitrogens with zero attached hydrogens (tertiary/aromatic N) is 2. The SMILES string of the molecule is CCOC(=O)c1ncc(O)cc1N(C(=O)OC(C)(C)C)C(=O)OC(C)(C)C. The number of carbonyl (C=O) groups excluding carboxylic acids is 3. The van der Waals surface area contributed by atoms with Crippen LogP contribution in [0.4, 0.5) is 15.3 Å². The minimum atomic E-state index is -1.09. The Morgan fingerprint density at radius 3 is 1.93 bits per heavy atom. The minimum Gasteiger partial charge on any atom is -0.506 e. The van der Waals surface area contributed by atoms with Gasteiger partial charge < -0.3 is 19.3 Å². The van der Waals surface area contributed by atoms with Gasteiger partial charge in [-0.1, -0.05) is 0 Å². The highest BCUT2D eigenvalue weighted by molar-refractivity contribution is 6.13. The van der Waals surface area contributed by atoms with Crippen LogP contribution < -0.4 is 4.90 Å². The van der Waals surface area contributed by atoms with E-state index in [1.54, 1.807) is 48.5 Å². The van der Waals surface area contributed by atoms with Crippen molar-refractivity contribution in [1.82, 2.24) is 4.98 Å². The van der Waals surface area contributed by atoms with Gasteiger partial charge in [0.1, 0.15) is 17.0 Å². The van der Waals surface area contributed by atoms with Crippen molar-refractivity contribution in [3.63, 3.8) is 0 Å². The first kappa shape index (κ1) is 22.2. The van der Waals surface area contributed by atoms with Crippen molar-refractivity contribution >= 4 is 23.8 Å². The van der Waals surface area contributed by atoms with Crippen LogP contribution in [-0.4, -0.2) is 46.1 Å². The number of hydrogen-bond acceptors (Lipinski definition) is 8. The normalized spacial score (nSPS) is 11.5. The minimum absolute atomic E-state index is 0.0553. The van der Waals surface area contributed by atoms with E-state index in [9.17, 15) is 19.5 Å². The number of aromatic hydroxyl groups is 1. The lowest BCUT2D eigenvalue weighted by Gasteiger charge is -2.29. The Kier molecular flexibility index (Phi) is 6.77. The number of hydrogen-bond donors (Lipinski definition) is 1. The Balaban J connectivity index is 3.50. The number of rotatable bonds is 3. The van der Waals surface area contributed by atoms with E-state index in [0.717, 1.165) is 12.3 Å². The maximum Gasteiger partial charge on any atom is 0.424 e. The highest BCUT2D eigenvalue weighted by atomic mass is 16.6. The molecule has 9 nitrogen and oxygen atoms in total. The van der Waals surface area contributed by atoms with Crippen LogP contribution in [0.25, 0.3) is 0 Å². The van der Waals surface area contributed by atoms with E-state index < -0.39 is 29.4 Å². The third kappa shape index (κ3) is 6.76. The van der Waals surface area contributed by atoms with Crippen LogP contribution in [0, 0.1) is 0 Å². The second-order valence-electron chi connectivity index (χ2n) is 7.58. The van der Waals surface area contributed by atoms with Crippen LogP contribution in [-0.2, 0) is 14.2 Å². The summed E-state index contributed by atoms with van der Waals surface area (Å²) >= 11 is 0. The van der Waals surface area contributed by atoms with Crippen LogP contribution in [0.2, 0.25) is 0 Å². The monoisotopic (exact) mass is 382 g/mol. The van der Waals surface area contributed by atoms with Gasteiger partial charge in [0.25, 0.3) is 0 Å². The summed E-state index contributed by atoms with van der Waals surface area (Å²) in [5.74, 6) is -1.24. The van der Waals surface area contributed by atoms with Crippen molar-refractivity contribution in [1.29, 1.82) is 0 Å². The lowest BCUT2D eigenvalue weighted by atomic mass is 10.2. The lowest BCUT2D eigenvalue weighted by Crippen LogP contribution is -2.44. The number of carbonyl (C=O) groups is 3. The number of esters is 1. The van der Waals surface area contributed by atoms with Gasteiger partial charge in [-0.3, -0.25) is 0 Å². The average molecular weight is 382 g/mol. The van der Waals surface area contributed by atoms with E-state index in [1.165, 1.54) is 0 Å². The van der Waals surface area contributed by atoms with Crippen molar-refractivity contribution in [3.8, 4) is 5.75 Å². The molecule has 0 bridgehead atoms. The van der Waals surface area contributed by atoms with Crippen molar-refractivity contribution in [3.05, 3.63) is 18.0 Å². The molecule has 0 aromatic carbocycles. The third-order valence-corrected chi connectivity index (χ3v) is 2.71. The Morgan fingerprint density at radius 1 is 1.04 bits per heavy atom. The Hall–Kier alpha value is -2.84. The summed E-state index contributed by atoms with van der Waals surface area (Å²) in [4.78, 5) is 41.8. The van der Waals surface area contributed by atoms with Gasteiger partial charge in [-0.2, -0.15) is 4.90 Å². The molecule has 0 spiro atoms. The lowest BCUT2D eigenvalue weighted by molar-refractivity contribution is 0.0430. The summed E-state index contributed by atoms with van der Waals surface area (Å²) in [6.07, 6.45) is -1.18. The number of ether oxygens (including phenoxy) is 3. The zero-order valence-electron chi connectivity index (χ0n) is 16.7. The zero-order chi connectivity index (χ0) is 21.0. The van der Waals surface area contributed by atoms with Gasteiger partial charge in [-0.05, 0) is 48.5 Å². The van der Waals surface area contributed by atoms with Crippen molar-refractivity contribution in [2.24, 2.45) is 0 Å². The number of anilines is 1. The molecule has 0 radical (unpaired) electrons. The first-order chi connectivity index (χ1) is 12.2. The summed E-state index contributed by atoms with van der Waals surface area (Å²) in [6, 6.07) is 1.03. The smallest absolute Gasteiger partial charge is 0.424 e. The zero-order valence-corrected chi connectivity index (χ0v) is 16.7. The average Bonchev–Trinajstić information content (AvgIpc) is 2.43. The van der Waals surface area contributed by atoms with Crippen molar-refractivity contribution in [2.75, 3.05) is 11.5 Å². The summed E-state index contributed by atoms with van der Waals surface area (Å²) in [5.41, 5.74) is -2.50. The summed E-state index contributed by atoms with van der Waals surface area (Å²) in [5, 5.41) is 9.78. The van der Waals surface area contributed by atoms with Crippen molar-refractivity contribution < 1.29 is 33.7 Å². The molecule has 1 aromatic rings. The highest BCUT2D eigenvalue weighted by Gasteiger charge is 2.36. The molecule has 0 aliphatic rings. The van der Waals surface area contributed by atoms with Gasteiger partial charge in [0, 0.05) is 6.07 Å². The van der Waals surface area contributed by atoms with E-state index in [1.807, 2.05) is 0 Å². The largest absolute Gasteiger partial charge is 0.506 e. The molecule has 27 heavy (non-hydrogen) atoms. The second-order valence-corrected chi connectivity index (χ2v) is 7.58. The Labute approximate surface area is 158 Å². The fraction of sp³-hybridized carbons (Fsp3) is 0.556. The molecule has 1 aromatic heterocycles. The fourth-order valence-electron chi connectivity index (χ4n) is 1.86. The summed E-state index contributed by atoms with van der Waals surface area (Å²) in [7, 11) is 0. The van der Waals surface area contributed by atoms with E-state index >= 15 is 0 Å². The first-order valence-corrected chi connectivity index (χ1v) is 8.37. The molecule has 1 heterocycles. The predicted molar refractivity (Wildman–Crippen MR) is 96.8 cm³/mol. The Morgan fingerprint density at radius 2 is 1.52 bits per heavy atom. The number of aromatic nitrogens is 1. The standard InChI is InChI=1S/C18H26N2O7/c1-8-25-14(22)13-12(9-11(21)10-19-13)20(15(23)26-17(2,3)4)16(24)27-18(5,6)7/h9-10,21H,8H2,1-7H3. The van der Waals surface area contributed by atoms with E-state index in [2.05, 4.69) is 4.98 Å². The molecule has 0 aliphatic heterocycles. The van der Waals surface area contributed by atoms with Gasteiger partial charge >= 0.3 is 18.2 Å². The molecule has 1 rings (SSSR count). The highest BCUT2D eigenvalue weighted by Crippen LogP contribution is 2.28. The van der Waals surface area contributed by atoms with Crippen LogP contribution in [0.3, 0.4) is 0 Å². The maximum atomic E-state index is 12.7. The molecule has 0 unspecified atom stereocenters. The number of pyridine rings is 1. The first-order valence-electron chi connectivity index (χ1n) is 8.37.